The standard InChI is InChI=1S/C30H27N5O6S/c1-4-20-5-7-22(8-6-20)31-30-32-29(36)28(42-30)16-21-15-18(2)33(19(21)3)23-9-12-25(13-10-23)41-27-14-11-24(34(37)38)17-26(27)35(39)40/h5-17,30-31H,4H2,1-3H3,(H,32,36)/b28-16-/t30-/m0/s1. The summed E-state index contributed by atoms with van der Waals surface area (Å²) in [6, 6.07) is 20.3. The van der Waals surface area contributed by atoms with E-state index < -0.39 is 21.2 Å². The van der Waals surface area contributed by atoms with Gasteiger partial charge in [-0.2, -0.15) is 0 Å². The van der Waals surface area contributed by atoms with E-state index >= 15 is 0 Å². The van der Waals surface area contributed by atoms with Crippen molar-refractivity contribution in [2.24, 2.45) is 0 Å². The van der Waals surface area contributed by atoms with Crippen molar-refractivity contribution in [3.63, 3.8) is 0 Å². The minimum atomic E-state index is -0.718. The van der Waals surface area contributed by atoms with Gasteiger partial charge in [0.1, 0.15) is 5.75 Å². The Morgan fingerprint density at radius 3 is 2.36 bits per heavy atom. The zero-order chi connectivity index (χ0) is 30.0. The number of amides is 1. The molecule has 2 heterocycles. The van der Waals surface area contributed by atoms with Crippen LogP contribution in [0.4, 0.5) is 17.1 Å². The third kappa shape index (κ3) is 5.98. The van der Waals surface area contributed by atoms with Crippen molar-refractivity contribution < 1.29 is 19.4 Å². The number of carbonyl (C=O) groups excluding carboxylic acids is 1. The fourth-order valence-electron chi connectivity index (χ4n) is 4.66. The molecule has 3 aromatic carbocycles. The number of non-ortho nitro benzene ring substituents is 1. The van der Waals surface area contributed by atoms with Gasteiger partial charge in [-0.3, -0.25) is 25.0 Å². The lowest BCUT2D eigenvalue weighted by atomic mass is 10.1. The fourth-order valence-corrected chi connectivity index (χ4v) is 5.64. The largest absolute Gasteiger partial charge is 0.450 e. The summed E-state index contributed by atoms with van der Waals surface area (Å²) in [5, 5.41) is 28.7. The van der Waals surface area contributed by atoms with Crippen LogP contribution in [0.1, 0.15) is 29.4 Å². The van der Waals surface area contributed by atoms with E-state index in [1.54, 1.807) is 12.1 Å². The number of hydrogen-bond acceptors (Lipinski definition) is 8. The molecule has 1 atom stereocenters. The molecule has 1 aliphatic rings. The maximum Gasteiger partial charge on any atom is 0.318 e. The topological polar surface area (TPSA) is 142 Å². The molecule has 5 rings (SSSR count). The first-order chi connectivity index (χ1) is 20.1. The van der Waals surface area contributed by atoms with Gasteiger partial charge in [-0.1, -0.05) is 30.8 Å². The summed E-state index contributed by atoms with van der Waals surface area (Å²) >= 11 is 1.42. The number of anilines is 1. The number of carbonyl (C=O) groups is 1. The number of benzene rings is 3. The van der Waals surface area contributed by atoms with Crippen LogP contribution in [0, 0.1) is 34.1 Å². The maximum absolute atomic E-state index is 12.7. The van der Waals surface area contributed by atoms with Crippen LogP contribution in [0.15, 0.2) is 77.7 Å². The number of aromatic nitrogens is 1. The molecule has 0 radical (unpaired) electrons. The van der Waals surface area contributed by atoms with Gasteiger partial charge in [0.15, 0.2) is 5.50 Å². The van der Waals surface area contributed by atoms with Crippen molar-refractivity contribution in [3.05, 3.63) is 120 Å². The van der Waals surface area contributed by atoms with E-state index in [9.17, 15) is 25.0 Å². The van der Waals surface area contributed by atoms with Crippen LogP contribution in [0.5, 0.6) is 11.5 Å². The quantitative estimate of drug-likeness (QED) is 0.123. The van der Waals surface area contributed by atoms with E-state index in [0.29, 0.717) is 10.7 Å². The van der Waals surface area contributed by atoms with Crippen molar-refractivity contribution in [2.45, 2.75) is 32.7 Å². The molecule has 12 heteroatoms. The van der Waals surface area contributed by atoms with Gasteiger partial charge in [0.25, 0.3) is 11.6 Å². The fraction of sp³-hybridized carbons (Fsp3) is 0.167. The lowest BCUT2D eigenvalue weighted by Crippen LogP contribution is -2.30. The smallest absolute Gasteiger partial charge is 0.318 e. The van der Waals surface area contributed by atoms with Crippen LogP contribution >= 0.6 is 11.8 Å². The van der Waals surface area contributed by atoms with E-state index in [1.165, 1.54) is 23.4 Å². The molecular weight excluding hydrogens is 558 g/mol. The molecule has 0 bridgehead atoms. The highest BCUT2D eigenvalue weighted by Gasteiger charge is 2.28. The maximum atomic E-state index is 12.7. The molecule has 2 N–H and O–H groups in total. The van der Waals surface area contributed by atoms with Crippen molar-refractivity contribution >= 4 is 40.8 Å². The summed E-state index contributed by atoms with van der Waals surface area (Å²) < 4.78 is 7.73. The highest BCUT2D eigenvalue weighted by molar-refractivity contribution is 8.05. The predicted molar refractivity (Wildman–Crippen MR) is 162 cm³/mol. The van der Waals surface area contributed by atoms with E-state index in [2.05, 4.69) is 29.7 Å². The summed E-state index contributed by atoms with van der Waals surface area (Å²) in [4.78, 5) is 34.3. The Labute approximate surface area is 245 Å². The Morgan fingerprint density at radius 2 is 1.71 bits per heavy atom. The first kappa shape index (κ1) is 28.4. The first-order valence-corrected chi connectivity index (χ1v) is 14.0. The summed E-state index contributed by atoms with van der Waals surface area (Å²) in [7, 11) is 0. The second-order valence-corrected chi connectivity index (χ2v) is 10.7. The van der Waals surface area contributed by atoms with E-state index in [-0.39, 0.29) is 17.2 Å². The summed E-state index contributed by atoms with van der Waals surface area (Å²) in [5.74, 6) is 0.0930. The normalized spacial score (nSPS) is 15.5. The molecule has 4 aromatic rings. The Balaban J connectivity index is 1.32. The number of nitrogens with zero attached hydrogens (tertiary/aromatic N) is 3. The number of aryl methyl sites for hydroxylation is 2. The molecule has 214 valence electrons. The molecule has 1 aromatic heterocycles. The second kappa shape index (κ2) is 11.8. The van der Waals surface area contributed by atoms with Gasteiger partial charge < -0.3 is 19.9 Å². The van der Waals surface area contributed by atoms with Crippen LogP contribution in [-0.4, -0.2) is 25.8 Å². The molecule has 1 aliphatic heterocycles. The van der Waals surface area contributed by atoms with Gasteiger partial charge >= 0.3 is 5.69 Å². The lowest BCUT2D eigenvalue weighted by molar-refractivity contribution is -0.394. The highest BCUT2D eigenvalue weighted by Crippen LogP contribution is 2.36. The van der Waals surface area contributed by atoms with E-state index in [1.807, 2.05) is 54.8 Å². The molecule has 0 unspecified atom stereocenters. The lowest BCUT2D eigenvalue weighted by Gasteiger charge is -2.13. The van der Waals surface area contributed by atoms with Crippen LogP contribution in [0.2, 0.25) is 0 Å². The van der Waals surface area contributed by atoms with Crippen LogP contribution in [0.3, 0.4) is 0 Å². The van der Waals surface area contributed by atoms with Crippen molar-refractivity contribution in [1.29, 1.82) is 0 Å². The molecule has 1 amide bonds. The zero-order valence-corrected chi connectivity index (χ0v) is 23.8. The molecule has 0 spiro atoms. The number of hydrogen-bond donors (Lipinski definition) is 2. The Kier molecular flexibility index (Phi) is 7.98. The molecule has 1 fully saturated rings. The number of thioether (sulfide) groups is 1. The molecular formula is C30H27N5O6S. The summed E-state index contributed by atoms with van der Waals surface area (Å²) in [6.07, 6.45) is 2.84. The molecule has 0 aliphatic carbocycles. The minimum absolute atomic E-state index is 0.0984. The first-order valence-electron chi connectivity index (χ1n) is 13.1. The van der Waals surface area contributed by atoms with Gasteiger partial charge in [0.05, 0.1) is 20.8 Å². The molecule has 11 nitrogen and oxygen atoms in total. The van der Waals surface area contributed by atoms with Gasteiger partial charge in [-0.25, -0.2) is 0 Å². The van der Waals surface area contributed by atoms with E-state index in [4.69, 9.17) is 4.74 Å². The third-order valence-corrected chi connectivity index (χ3v) is 7.85. The second-order valence-electron chi connectivity index (χ2n) is 9.60. The van der Waals surface area contributed by atoms with Crippen LogP contribution < -0.4 is 15.4 Å². The molecule has 42 heavy (non-hydrogen) atoms. The number of nitro benzene ring substituents is 2. The predicted octanol–water partition coefficient (Wildman–Crippen LogP) is 6.86. The Bertz CT molecular complexity index is 1710. The van der Waals surface area contributed by atoms with Gasteiger partial charge in [0, 0.05) is 28.8 Å². The van der Waals surface area contributed by atoms with Gasteiger partial charge in [0.2, 0.25) is 5.75 Å². The summed E-state index contributed by atoms with van der Waals surface area (Å²) in [6.45, 7) is 6.03. The average molecular weight is 586 g/mol. The van der Waals surface area contributed by atoms with Crippen molar-refractivity contribution in [1.82, 2.24) is 9.88 Å². The zero-order valence-electron chi connectivity index (χ0n) is 23.0. The number of nitrogens with one attached hydrogen (secondary N) is 2. The van der Waals surface area contributed by atoms with Gasteiger partial charge in [-0.05, 0) is 86.0 Å². The monoisotopic (exact) mass is 585 g/mol. The van der Waals surface area contributed by atoms with Crippen molar-refractivity contribution in [2.75, 3.05) is 5.32 Å². The SMILES string of the molecule is CCc1ccc(N[C@H]2NC(=O)/C(=C/c3cc(C)n(-c4ccc(Oc5ccc([N+](=O)[O-])cc5[N+](=O)[O-])cc4)c3C)S2)cc1. The highest BCUT2D eigenvalue weighted by atomic mass is 32.2. The summed E-state index contributed by atoms with van der Waals surface area (Å²) in [5.41, 5.74) is 4.63. The number of ether oxygens (including phenoxy) is 1. The van der Waals surface area contributed by atoms with Crippen LogP contribution in [-0.2, 0) is 11.2 Å². The number of nitro groups is 2. The van der Waals surface area contributed by atoms with Crippen LogP contribution in [0.25, 0.3) is 11.8 Å². The number of rotatable bonds is 9. The Hall–Kier alpha value is -5.10. The molecule has 1 saturated heterocycles. The average Bonchev–Trinajstić information content (AvgIpc) is 3.45. The minimum Gasteiger partial charge on any atom is -0.450 e. The van der Waals surface area contributed by atoms with Gasteiger partial charge in [-0.15, -0.1) is 0 Å². The third-order valence-electron chi connectivity index (χ3n) is 6.82. The Morgan fingerprint density at radius 1 is 1.00 bits per heavy atom. The molecule has 0 saturated carbocycles. The van der Waals surface area contributed by atoms with E-state index in [0.717, 1.165) is 46.9 Å². The van der Waals surface area contributed by atoms with Crippen molar-refractivity contribution in [3.8, 4) is 17.2 Å².